The molecule has 0 aliphatic heterocycles. The topological polar surface area (TPSA) is 6.48 Å². The van der Waals surface area contributed by atoms with E-state index in [0.29, 0.717) is 5.41 Å². The van der Waals surface area contributed by atoms with Crippen LogP contribution in [0.3, 0.4) is 0 Å². The van der Waals surface area contributed by atoms with Crippen molar-refractivity contribution in [2.75, 3.05) is 39.3 Å². The predicted octanol–water partition coefficient (Wildman–Crippen LogP) is 6.06. The predicted molar refractivity (Wildman–Crippen MR) is 111 cm³/mol. The van der Waals surface area contributed by atoms with E-state index in [1.54, 1.807) is 0 Å². The molecule has 0 aliphatic carbocycles. The van der Waals surface area contributed by atoms with Crippen molar-refractivity contribution >= 4 is 0 Å². The maximum absolute atomic E-state index is 2.65. The zero-order chi connectivity index (χ0) is 18.4. The van der Waals surface area contributed by atoms with Crippen LogP contribution in [0.2, 0.25) is 0 Å². The number of nitrogens with zero attached hydrogens (tertiary/aromatic N) is 2. The van der Waals surface area contributed by atoms with Crippen molar-refractivity contribution in [3.05, 3.63) is 0 Å². The van der Waals surface area contributed by atoms with E-state index in [1.807, 2.05) is 0 Å². The third-order valence-corrected chi connectivity index (χ3v) is 5.00. The largest absolute Gasteiger partial charge is 0.304 e. The maximum atomic E-state index is 2.65. The fourth-order valence-electron chi connectivity index (χ4n) is 3.25. The van der Waals surface area contributed by atoms with Crippen LogP contribution in [0.25, 0.3) is 0 Å². The first-order valence-corrected chi connectivity index (χ1v) is 10.7. The van der Waals surface area contributed by atoms with Crippen LogP contribution in [0.15, 0.2) is 0 Å². The van der Waals surface area contributed by atoms with Crippen molar-refractivity contribution in [1.29, 1.82) is 0 Å². The van der Waals surface area contributed by atoms with Gasteiger partial charge in [0.2, 0.25) is 0 Å². The smallest absolute Gasteiger partial charge is 0.000666 e. The first-order valence-electron chi connectivity index (χ1n) is 10.7. The molecule has 0 saturated carbocycles. The maximum Gasteiger partial charge on any atom is -0.000666 e. The van der Waals surface area contributed by atoms with Gasteiger partial charge in [-0.25, -0.2) is 0 Å². The van der Waals surface area contributed by atoms with Gasteiger partial charge in [-0.3, -0.25) is 0 Å². The van der Waals surface area contributed by atoms with Crippen LogP contribution in [0.1, 0.15) is 93.4 Å². The number of unbranched alkanes of at least 4 members (excludes halogenated alkanes) is 2. The van der Waals surface area contributed by atoms with Crippen molar-refractivity contribution in [3.8, 4) is 0 Å². The molecule has 24 heavy (non-hydrogen) atoms. The molecule has 0 radical (unpaired) electrons. The minimum atomic E-state index is 0.494. The Morgan fingerprint density at radius 3 is 1.54 bits per heavy atom. The van der Waals surface area contributed by atoms with Crippen LogP contribution in [-0.4, -0.2) is 49.1 Å². The second-order valence-corrected chi connectivity index (χ2v) is 9.13. The lowest BCUT2D eigenvalue weighted by molar-refractivity contribution is 0.228. The fraction of sp³-hybridized carbons (Fsp3) is 1.00. The van der Waals surface area contributed by atoms with Crippen LogP contribution >= 0.6 is 0 Å². The molecule has 0 aromatic rings. The quantitative estimate of drug-likeness (QED) is 0.334. The minimum Gasteiger partial charge on any atom is -0.304 e. The highest BCUT2D eigenvalue weighted by Crippen LogP contribution is 2.21. The summed E-state index contributed by atoms with van der Waals surface area (Å²) in [5.41, 5.74) is 0.494. The molecule has 2 heteroatoms. The molecular formula is C22H48N2. The molecule has 0 saturated heterocycles. The van der Waals surface area contributed by atoms with Gasteiger partial charge in [-0.2, -0.15) is 0 Å². The molecule has 0 heterocycles. The molecule has 0 aliphatic rings. The summed E-state index contributed by atoms with van der Waals surface area (Å²) in [6, 6.07) is 0. The zero-order valence-electron chi connectivity index (χ0n) is 18.2. The molecular weight excluding hydrogens is 292 g/mol. The van der Waals surface area contributed by atoms with E-state index in [0.717, 1.165) is 5.92 Å². The van der Waals surface area contributed by atoms with Gasteiger partial charge < -0.3 is 9.80 Å². The number of rotatable bonds is 15. The third kappa shape index (κ3) is 15.4. The average Bonchev–Trinajstić information content (AvgIpc) is 2.50. The van der Waals surface area contributed by atoms with Gasteiger partial charge in [0.25, 0.3) is 0 Å². The summed E-state index contributed by atoms with van der Waals surface area (Å²) in [5, 5.41) is 0. The van der Waals surface area contributed by atoms with Gasteiger partial charge in [0, 0.05) is 0 Å². The second-order valence-electron chi connectivity index (χ2n) is 9.13. The molecule has 0 unspecified atom stereocenters. The minimum absolute atomic E-state index is 0.494. The van der Waals surface area contributed by atoms with Gasteiger partial charge in [0.15, 0.2) is 0 Å². The first kappa shape index (κ1) is 23.9. The van der Waals surface area contributed by atoms with E-state index < -0.39 is 0 Å². The van der Waals surface area contributed by atoms with Crippen molar-refractivity contribution in [2.24, 2.45) is 11.3 Å². The van der Waals surface area contributed by atoms with Crippen molar-refractivity contribution in [3.63, 3.8) is 0 Å². The third-order valence-electron chi connectivity index (χ3n) is 5.00. The van der Waals surface area contributed by atoms with Crippen LogP contribution in [0.4, 0.5) is 0 Å². The zero-order valence-corrected chi connectivity index (χ0v) is 18.2. The summed E-state index contributed by atoms with van der Waals surface area (Å²) >= 11 is 0. The van der Waals surface area contributed by atoms with E-state index in [9.17, 15) is 0 Å². The first-order chi connectivity index (χ1) is 11.3. The molecule has 0 aromatic heterocycles. The molecule has 0 spiro atoms. The van der Waals surface area contributed by atoms with Gasteiger partial charge in [-0.15, -0.1) is 0 Å². The monoisotopic (exact) mass is 340 g/mol. The van der Waals surface area contributed by atoms with Crippen LogP contribution in [0, 0.1) is 11.3 Å². The van der Waals surface area contributed by atoms with E-state index in [2.05, 4.69) is 58.3 Å². The Bertz CT molecular complexity index is 268. The molecule has 0 rings (SSSR count). The summed E-state index contributed by atoms with van der Waals surface area (Å²) in [4.78, 5) is 5.29. The Labute approximate surface area is 154 Å². The van der Waals surface area contributed by atoms with E-state index in [1.165, 1.54) is 84.2 Å². The SMILES string of the molecule is CCN(CCCCC(C)C)CCCN(CC)CCCCC(C)(C)C. The standard InChI is InChI=1S/C22H48N2/c1-8-23(17-12-10-15-21(3)4)19-14-20-24(9-2)18-13-11-16-22(5,6)7/h21H,8-20H2,1-7H3. The Hall–Kier alpha value is -0.0800. The Morgan fingerprint density at radius 1 is 0.667 bits per heavy atom. The normalized spacial score (nSPS) is 12.8. The number of hydrogen-bond acceptors (Lipinski definition) is 2. The lowest BCUT2D eigenvalue weighted by Gasteiger charge is -2.25. The second kappa shape index (κ2) is 14.1. The van der Waals surface area contributed by atoms with Crippen LogP contribution in [-0.2, 0) is 0 Å². The molecule has 0 atom stereocenters. The summed E-state index contributed by atoms with van der Waals surface area (Å²) in [6.07, 6.45) is 9.56. The summed E-state index contributed by atoms with van der Waals surface area (Å²) in [5.74, 6) is 0.858. The Morgan fingerprint density at radius 2 is 1.12 bits per heavy atom. The van der Waals surface area contributed by atoms with Crippen molar-refractivity contribution in [2.45, 2.75) is 93.4 Å². The number of hydrogen-bond donors (Lipinski definition) is 0. The summed E-state index contributed by atoms with van der Waals surface area (Å²) in [6.45, 7) is 23.9. The highest BCUT2D eigenvalue weighted by Gasteiger charge is 2.10. The van der Waals surface area contributed by atoms with Gasteiger partial charge in [-0.1, -0.05) is 67.7 Å². The van der Waals surface area contributed by atoms with Crippen molar-refractivity contribution in [1.82, 2.24) is 9.80 Å². The highest BCUT2D eigenvalue weighted by atomic mass is 15.1. The van der Waals surface area contributed by atoms with Gasteiger partial charge >= 0.3 is 0 Å². The van der Waals surface area contributed by atoms with Gasteiger partial charge in [0.1, 0.15) is 0 Å². The average molecular weight is 341 g/mol. The molecule has 0 N–H and O–H groups in total. The van der Waals surface area contributed by atoms with Crippen LogP contribution < -0.4 is 0 Å². The van der Waals surface area contributed by atoms with E-state index in [4.69, 9.17) is 0 Å². The fourth-order valence-corrected chi connectivity index (χ4v) is 3.25. The summed E-state index contributed by atoms with van der Waals surface area (Å²) < 4.78 is 0. The molecule has 0 aromatic carbocycles. The van der Waals surface area contributed by atoms with E-state index in [-0.39, 0.29) is 0 Å². The molecule has 0 bridgehead atoms. The van der Waals surface area contributed by atoms with E-state index >= 15 is 0 Å². The van der Waals surface area contributed by atoms with Crippen molar-refractivity contribution < 1.29 is 0 Å². The Kier molecular flexibility index (Phi) is 14.1. The lowest BCUT2D eigenvalue weighted by Crippen LogP contribution is -2.31. The molecule has 0 fully saturated rings. The van der Waals surface area contributed by atoms with Crippen LogP contribution in [0.5, 0.6) is 0 Å². The lowest BCUT2D eigenvalue weighted by atomic mass is 9.90. The Balaban J connectivity index is 3.77. The van der Waals surface area contributed by atoms with Gasteiger partial charge in [-0.05, 0) is 76.3 Å². The van der Waals surface area contributed by atoms with Gasteiger partial charge in [0.05, 0.1) is 0 Å². The molecule has 146 valence electrons. The summed E-state index contributed by atoms with van der Waals surface area (Å²) in [7, 11) is 0. The highest BCUT2D eigenvalue weighted by molar-refractivity contribution is 4.64. The molecule has 0 amide bonds. The molecule has 2 nitrogen and oxygen atoms in total.